The third-order valence-corrected chi connectivity index (χ3v) is 7.54. The summed E-state index contributed by atoms with van der Waals surface area (Å²) in [5, 5.41) is 13.3. The van der Waals surface area contributed by atoms with Crippen LogP contribution in [0.5, 0.6) is 6.01 Å². The molecule has 1 amide bonds. The van der Waals surface area contributed by atoms with E-state index in [2.05, 4.69) is 25.2 Å². The summed E-state index contributed by atoms with van der Waals surface area (Å²) in [5.41, 5.74) is -1.18. The van der Waals surface area contributed by atoms with Crippen molar-refractivity contribution < 1.29 is 28.2 Å². The van der Waals surface area contributed by atoms with Gasteiger partial charge in [0.15, 0.2) is 11.0 Å². The number of fused-ring (bicyclic) bond motifs is 2. The van der Waals surface area contributed by atoms with E-state index in [4.69, 9.17) is 21.1 Å². The molecule has 0 bridgehead atoms. The van der Waals surface area contributed by atoms with Crippen LogP contribution in [0, 0.1) is 5.82 Å². The molecular formula is C25H33ClF2N6O4. The molecule has 208 valence electrons. The first kappa shape index (κ1) is 27.0. The molecule has 0 saturated carbocycles. The van der Waals surface area contributed by atoms with Gasteiger partial charge in [0.05, 0.1) is 23.1 Å². The third-order valence-electron chi connectivity index (χ3n) is 7.28. The summed E-state index contributed by atoms with van der Waals surface area (Å²) in [6.07, 6.45) is 1.49. The summed E-state index contributed by atoms with van der Waals surface area (Å²) in [6.45, 7) is 7.10. The lowest BCUT2D eigenvalue weighted by Crippen LogP contribution is -2.53. The Morgan fingerprint density at radius 1 is 1.32 bits per heavy atom. The molecule has 2 N–H and O–H groups in total. The van der Waals surface area contributed by atoms with Crippen LogP contribution in [0.15, 0.2) is 6.20 Å². The maximum atomic E-state index is 15.1. The van der Waals surface area contributed by atoms with Gasteiger partial charge in [-0.1, -0.05) is 11.6 Å². The third kappa shape index (κ3) is 5.57. The van der Waals surface area contributed by atoms with E-state index in [0.29, 0.717) is 25.2 Å². The number of rotatable bonds is 5. The number of aliphatic hydroxyl groups excluding tert-OH is 1. The Bertz CT molecular complexity index is 1220. The standard InChI is InChI=1S/C25H33ClF2N6O4/c1-24(2,3)38-23(36)30-15-7-16(35)12-33(11-15)21-17-9-29-20(26)18(28)19(17)31-22(32-21)37-13-25-5-4-6-34(25)10-14(27)8-25/h9,14-16,35H,4-8,10-13H2,1-3H3,(H,30,36)/t14-,15+,16+,25+/m1/s1. The van der Waals surface area contributed by atoms with E-state index in [1.54, 1.807) is 25.7 Å². The minimum absolute atomic E-state index is 0.0720. The molecular weight excluding hydrogens is 522 g/mol. The molecule has 38 heavy (non-hydrogen) atoms. The van der Waals surface area contributed by atoms with Crippen molar-refractivity contribution in [3.63, 3.8) is 0 Å². The van der Waals surface area contributed by atoms with E-state index in [1.165, 1.54) is 6.20 Å². The summed E-state index contributed by atoms with van der Waals surface area (Å²) < 4.78 is 40.7. The van der Waals surface area contributed by atoms with Gasteiger partial charge in [-0.05, 0) is 46.6 Å². The number of nitrogens with zero attached hydrogens (tertiary/aromatic N) is 5. The first-order valence-electron chi connectivity index (χ1n) is 12.9. The summed E-state index contributed by atoms with van der Waals surface area (Å²) in [5.74, 6) is -0.526. The monoisotopic (exact) mass is 554 g/mol. The van der Waals surface area contributed by atoms with Crippen molar-refractivity contribution in [1.82, 2.24) is 25.2 Å². The van der Waals surface area contributed by atoms with Gasteiger partial charge in [-0.3, -0.25) is 4.90 Å². The van der Waals surface area contributed by atoms with Gasteiger partial charge in [-0.25, -0.2) is 18.6 Å². The molecule has 3 aliphatic rings. The molecule has 2 aromatic rings. The van der Waals surface area contributed by atoms with Gasteiger partial charge in [0.1, 0.15) is 29.7 Å². The van der Waals surface area contributed by atoms with Crippen molar-refractivity contribution in [2.24, 2.45) is 0 Å². The lowest BCUT2D eigenvalue weighted by atomic mass is 9.95. The SMILES string of the molecule is CC(C)(C)OC(=O)N[C@H]1C[C@H](O)CN(c2nc(OC[C@@]34CCCN3C[C@H](F)C4)nc3c(F)c(Cl)ncc23)C1. The number of aliphatic hydroxyl groups is 1. The van der Waals surface area contributed by atoms with Gasteiger partial charge in [0.25, 0.3) is 0 Å². The number of pyridine rings is 1. The number of aromatic nitrogens is 3. The molecule has 5 heterocycles. The fraction of sp³-hybridized carbons (Fsp3) is 0.680. The molecule has 0 aliphatic carbocycles. The molecule has 10 nitrogen and oxygen atoms in total. The predicted molar refractivity (Wildman–Crippen MR) is 137 cm³/mol. The first-order valence-corrected chi connectivity index (χ1v) is 13.3. The number of hydrogen-bond donors (Lipinski definition) is 2. The van der Waals surface area contributed by atoms with Gasteiger partial charge >= 0.3 is 12.1 Å². The average molecular weight is 555 g/mol. The van der Waals surface area contributed by atoms with E-state index in [1.807, 2.05) is 0 Å². The maximum absolute atomic E-state index is 15.1. The molecule has 0 spiro atoms. The average Bonchev–Trinajstić information content (AvgIpc) is 3.34. The predicted octanol–water partition coefficient (Wildman–Crippen LogP) is 3.24. The van der Waals surface area contributed by atoms with Crippen LogP contribution in [-0.4, -0.2) is 93.3 Å². The smallest absolute Gasteiger partial charge is 0.407 e. The Balaban J connectivity index is 1.43. The number of β-amino-alcohol motifs (C(OH)–C–C–N with tert-alkyl or cyclic N) is 1. The summed E-state index contributed by atoms with van der Waals surface area (Å²) >= 11 is 5.95. The molecule has 3 fully saturated rings. The van der Waals surface area contributed by atoms with Crippen LogP contribution >= 0.6 is 11.6 Å². The fourth-order valence-electron chi connectivity index (χ4n) is 5.78. The number of carbonyl (C=O) groups is 1. The molecule has 13 heteroatoms. The number of hydrogen-bond acceptors (Lipinski definition) is 9. The van der Waals surface area contributed by atoms with Crippen LogP contribution in [0.3, 0.4) is 0 Å². The Labute approximate surface area is 224 Å². The van der Waals surface area contributed by atoms with E-state index in [9.17, 15) is 14.3 Å². The Hall–Kier alpha value is -2.57. The van der Waals surface area contributed by atoms with Gasteiger partial charge in [0.2, 0.25) is 0 Å². The lowest BCUT2D eigenvalue weighted by molar-refractivity contribution is 0.0473. The van der Waals surface area contributed by atoms with Gasteiger partial charge in [-0.2, -0.15) is 9.97 Å². The van der Waals surface area contributed by atoms with Crippen molar-refractivity contribution in [3.8, 4) is 6.01 Å². The largest absolute Gasteiger partial charge is 0.461 e. The fourth-order valence-corrected chi connectivity index (χ4v) is 5.92. The van der Waals surface area contributed by atoms with Crippen LogP contribution in [0.1, 0.15) is 46.5 Å². The van der Waals surface area contributed by atoms with Crippen molar-refractivity contribution in [2.45, 2.75) is 75.9 Å². The number of nitrogens with one attached hydrogen (secondary N) is 1. The van der Waals surface area contributed by atoms with Crippen LogP contribution in [-0.2, 0) is 4.74 Å². The number of piperidine rings is 1. The number of anilines is 1. The normalized spacial score (nSPS) is 28.0. The molecule has 3 aliphatic heterocycles. The number of halogens is 3. The van der Waals surface area contributed by atoms with E-state index < -0.39 is 41.4 Å². The maximum Gasteiger partial charge on any atom is 0.407 e. The summed E-state index contributed by atoms with van der Waals surface area (Å²) in [4.78, 5) is 29.0. The summed E-state index contributed by atoms with van der Waals surface area (Å²) in [7, 11) is 0. The molecule has 0 aromatic carbocycles. The van der Waals surface area contributed by atoms with Gasteiger partial charge < -0.3 is 24.8 Å². The molecule has 2 aromatic heterocycles. The zero-order valence-corrected chi connectivity index (χ0v) is 22.5. The molecule has 0 unspecified atom stereocenters. The molecule has 0 radical (unpaired) electrons. The number of carbonyl (C=O) groups excluding carboxylic acids is 1. The Morgan fingerprint density at radius 3 is 2.87 bits per heavy atom. The number of ether oxygens (including phenoxy) is 2. The topological polar surface area (TPSA) is 113 Å². The molecule has 3 saturated heterocycles. The summed E-state index contributed by atoms with van der Waals surface area (Å²) in [6, 6.07) is -0.534. The van der Waals surface area contributed by atoms with Crippen molar-refractivity contribution in [2.75, 3.05) is 37.7 Å². The van der Waals surface area contributed by atoms with E-state index in [-0.39, 0.29) is 41.8 Å². The Morgan fingerprint density at radius 2 is 2.11 bits per heavy atom. The van der Waals surface area contributed by atoms with Gasteiger partial charge in [-0.15, -0.1) is 0 Å². The highest BCUT2D eigenvalue weighted by Gasteiger charge is 2.49. The zero-order valence-electron chi connectivity index (χ0n) is 21.7. The second kappa shape index (κ2) is 10.2. The highest BCUT2D eigenvalue weighted by molar-refractivity contribution is 6.30. The lowest BCUT2D eigenvalue weighted by Gasteiger charge is -2.37. The second-order valence-electron chi connectivity index (χ2n) is 11.5. The molecule has 4 atom stereocenters. The van der Waals surface area contributed by atoms with E-state index in [0.717, 1.165) is 19.4 Å². The van der Waals surface area contributed by atoms with Crippen molar-refractivity contribution in [3.05, 3.63) is 17.2 Å². The number of alkyl halides is 1. The minimum atomic E-state index is -0.918. The van der Waals surface area contributed by atoms with Crippen LogP contribution < -0.4 is 15.0 Å². The van der Waals surface area contributed by atoms with Crippen LogP contribution in [0.25, 0.3) is 10.9 Å². The molecule has 5 rings (SSSR count). The quantitative estimate of drug-likeness (QED) is 0.538. The van der Waals surface area contributed by atoms with Gasteiger partial charge in [0, 0.05) is 32.3 Å². The first-order chi connectivity index (χ1) is 17.9. The minimum Gasteiger partial charge on any atom is -0.461 e. The van der Waals surface area contributed by atoms with E-state index >= 15 is 4.39 Å². The Kier molecular flexibility index (Phi) is 7.25. The number of alkyl carbamates (subject to hydrolysis) is 1. The highest BCUT2D eigenvalue weighted by Crippen LogP contribution is 2.40. The number of amides is 1. The van der Waals surface area contributed by atoms with Crippen molar-refractivity contribution in [1.29, 1.82) is 0 Å². The highest BCUT2D eigenvalue weighted by atomic mass is 35.5. The zero-order chi connectivity index (χ0) is 27.2. The second-order valence-corrected chi connectivity index (χ2v) is 11.8. The van der Waals surface area contributed by atoms with Crippen LogP contribution in [0.2, 0.25) is 5.15 Å². The van der Waals surface area contributed by atoms with Crippen molar-refractivity contribution >= 4 is 34.4 Å². The van der Waals surface area contributed by atoms with Crippen LogP contribution in [0.4, 0.5) is 19.4 Å².